The lowest BCUT2D eigenvalue weighted by molar-refractivity contribution is 0.0691. The molecule has 0 atom stereocenters. The zero-order chi connectivity index (χ0) is 15.4. The highest BCUT2D eigenvalue weighted by atomic mass is 16.5. The van der Waals surface area contributed by atoms with Crippen molar-refractivity contribution in [2.24, 2.45) is 0 Å². The Bertz CT molecular complexity index is 636. The number of benzene rings is 1. The number of methoxy groups -OCH3 is 1. The number of carbonyl (C=O) groups is 1. The minimum Gasteiger partial charge on any atom is -0.493 e. The molecule has 0 radical (unpaired) electrons. The molecule has 0 aliphatic carbocycles. The number of aromatic carboxylic acids is 1. The molecule has 0 fully saturated rings. The molecular weight excluding hydrogens is 272 g/mol. The van der Waals surface area contributed by atoms with E-state index in [-0.39, 0.29) is 5.69 Å². The van der Waals surface area contributed by atoms with Gasteiger partial charge in [-0.15, -0.1) is 0 Å². The molecule has 2 aromatic rings. The van der Waals surface area contributed by atoms with Crippen molar-refractivity contribution in [1.29, 1.82) is 0 Å². The topological polar surface area (TPSA) is 74.8 Å². The normalized spacial score (nSPS) is 11.0. The van der Waals surface area contributed by atoms with Crippen molar-refractivity contribution in [1.82, 2.24) is 9.88 Å². The Morgan fingerprint density at radius 2 is 2.10 bits per heavy atom. The van der Waals surface area contributed by atoms with Crippen molar-refractivity contribution < 1.29 is 19.4 Å². The summed E-state index contributed by atoms with van der Waals surface area (Å²) in [6.45, 7) is 4.40. The third kappa shape index (κ3) is 3.46. The number of hydrogen-bond donors (Lipinski definition) is 2. The van der Waals surface area contributed by atoms with Gasteiger partial charge in [0.05, 0.1) is 12.6 Å². The van der Waals surface area contributed by atoms with Crippen LogP contribution in [0.2, 0.25) is 0 Å². The molecule has 1 aromatic carbocycles. The molecule has 0 unspecified atom stereocenters. The highest BCUT2D eigenvalue weighted by Gasteiger charge is 2.12. The number of likely N-dealkylation sites (N-methyl/N-ethyl adjacent to an activating group) is 1. The number of aromatic amines is 1. The van der Waals surface area contributed by atoms with E-state index < -0.39 is 5.97 Å². The second-order valence-electron chi connectivity index (χ2n) is 4.82. The first-order chi connectivity index (χ1) is 10.0. The van der Waals surface area contributed by atoms with Crippen LogP contribution in [-0.2, 0) is 0 Å². The Kier molecular flexibility index (Phi) is 4.70. The van der Waals surface area contributed by atoms with Crippen LogP contribution in [0.4, 0.5) is 0 Å². The molecular formula is C15H20N2O4. The lowest BCUT2D eigenvalue weighted by Crippen LogP contribution is -2.23. The molecule has 0 saturated heterocycles. The largest absolute Gasteiger partial charge is 0.493 e. The number of carboxylic acids is 1. The number of H-pyrrole nitrogens is 1. The number of carboxylic acid groups (broad SMARTS) is 1. The zero-order valence-corrected chi connectivity index (χ0v) is 12.5. The van der Waals surface area contributed by atoms with E-state index >= 15 is 0 Å². The maximum absolute atomic E-state index is 11.0. The zero-order valence-electron chi connectivity index (χ0n) is 12.5. The first-order valence-electron chi connectivity index (χ1n) is 6.80. The lowest BCUT2D eigenvalue weighted by atomic mass is 10.2. The van der Waals surface area contributed by atoms with Crippen LogP contribution in [0.1, 0.15) is 17.4 Å². The quantitative estimate of drug-likeness (QED) is 0.818. The van der Waals surface area contributed by atoms with Gasteiger partial charge in [-0.2, -0.15) is 0 Å². The first kappa shape index (κ1) is 15.2. The van der Waals surface area contributed by atoms with Crippen LogP contribution in [0, 0.1) is 0 Å². The molecule has 2 rings (SSSR count). The smallest absolute Gasteiger partial charge is 0.352 e. The number of nitrogens with one attached hydrogen (secondary N) is 1. The highest BCUT2D eigenvalue weighted by molar-refractivity contribution is 5.94. The van der Waals surface area contributed by atoms with Gasteiger partial charge in [-0.3, -0.25) is 0 Å². The van der Waals surface area contributed by atoms with Crippen LogP contribution in [0.25, 0.3) is 10.9 Å². The molecule has 0 amide bonds. The average molecular weight is 292 g/mol. The van der Waals surface area contributed by atoms with Gasteiger partial charge in [-0.05, 0) is 25.7 Å². The number of ether oxygens (including phenoxy) is 2. The van der Waals surface area contributed by atoms with Crippen LogP contribution in [0.5, 0.6) is 11.5 Å². The second-order valence-corrected chi connectivity index (χ2v) is 4.82. The van der Waals surface area contributed by atoms with E-state index in [0.29, 0.717) is 23.6 Å². The van der Waals surface area contributed by atoms with Crippen molar-refractivity contribution in [3.8, 4) is 11.5 Å². The summed E-state index contributed by atoms with van der Waals surface area (Å²) in [7, 11) is 3.59. The fourth-order valence-corrected chi connectivity index (χ4v) is 2.00. The van der Waals surface area contributed by atoms with Gasteiger partial charge in [0.25, 0.3) is 0 Å². The maximum atomic E-state index is 11.0. The van der Waals surface area contributed by atoms with Gasteiger partial charge in [0.15, 0.2) is 11.5 Å². The number of nitrogens with zero attached hydrogens (tertiary/aromatic N) is 1. The summed E-state index contributed by atoms with van der Waals surface area (Å²) < 4.78 is 11.1. The third-order valence-corrected chi connectivity index (χ3v) is 3.41. The average Bonchev–Trinajstić information content (AvgIpc) is 2.89. The Balaban J connectivity index is 2.23. The summed E-state index contributed by atoms with van der Waals surface area (Å²) in [5, 5.41) is 9.80. The molecule has 6 nitrogen and oxygen atoms in total. The molecule has 1 aromatic heterocycles. The van der Waals surface area contributed by atoms with E-state index in [1.807, 2.05) is 7.05 Å². The van der Waals surface area contributed by atoms with Crippen LogP contribution in [0.3, 0.4) is 0 Å². The summed E-state index contributed by atoms with van der Waals surface area (Å²) >= 11 is 0. The number of aromatic nitrogens is 1. The van der Waals surface area contributed by atoms with Crippen LogP contribution in [0.15, 0.2) is 18.2 Å². The van der Waals surface area contributed by atoms with E-state index in [1.165, 1.54) is 0 Å². The number of fused-ring (bicyclic) bond motifs is 1. The van der Waals surface area contributed by atoms with Crippen molar-refractivity contribution in [3.05, 3.63) is 23.9 Å². The minimum absolute atomic E-state index is 0.148. The van der Waals surface area contributed by atoms with Crippen LogP contribution >= 0.6 is 0 Å². The van der Waals surface area contributed by atoms with Gasteiger partial charge in [-0.25, -0.2) is 4.79 Å². The Morgan fingerprint density at radius 1 is 1.33 bits per heavy atom. The van der Waals surface area contributed by atoms with Gasteiger partial charge in [0.2, 0.25) is 0 Å². The monoisotopic (exact) mass is 292 g/mol. The highest BCUT2D eigenvalue weighted by Crippen LogP contribution is 2.32. The van der Waals surface area contributed by atoms with Crippen molar-refractivity contribution in [2.45, 2.75) is 6.92 Å². The fraction of sp³-hybridized carbons (Fsp3) is 0.400. The molecule has 114 valence electrons. The van der Waals surface area contributed by atoms with Gasteiger partial charge < -0.3 is 24.5 Å². The lowest BCUT2D eigenvalue weighted by Gasteiger charge is -2.15. The van der Waals surface area contributed by atoms with Gasteiger partial charge in [0, 0.05) is 18.0 Å². The molecule has 0 saturated carbocycles. The predicted molar refractivity (Wildman–Crippen MR) is 80.5 cm³/mol. The number of rotatable bonds is 7. The summed E-state index contributed by atoms with van der Waals surface area (Å²) in [6.07, 6.45) is 0. The minimum atomic E-state index is -0.989. The molecule has 0 bridgehead atoms. The van der Waals surface area contributed by atoms with E-state index in [9.17, 15) is 4.79 Å². The standard InChI is InChI=1S/C15H20N2O4/c1-4-17(2)5-6-21-14-8-10-7-12(15(18)19)16-11(10)9-13(14)20-3/h7-9,16H,4-6H2,1-3H3,(H,18,19). The Hall–Kier alpha value is -2.21. The molecule has 21 heavy (non-hydrogen) atoms. The van der Waals surface area contributed by atoms with Crippen LogP contribution in [-0.4, -0.2) is 54.8 Å². The summed E-state index contributed by atoms with van der Waals surface area (Å²) in [4.78, 5) is 16.0. The third-order valence-electron chi connectivity index (χ3n) is 3.41. The van der Waals surface area contributed by atoms with Crippen molar-refractivity contribution in [3.63, 3.8) is 0 Å². The van der Waals surface area contributed by atoms with Crippen LogP contribution < -0.4 is 9.47 Å². The van der Waals surface area contributed by atoms with Gasteiger partial charge in [0.1, 0.15) is 12.3 Å². The molecule has 1 heterocycles. The molecule has 0 spiro atoms. The van der Waals surface area contributed by atoms with Gasteiger partial charge >= 0.3 is 5.97 Å². The second kappa shape index (κ2) is 6.49. The van der Waals surface area contributed by atoms with E-state index in [2.05, 4.69) is 16.8 Å². The summed E-state index contributed by atoms with van der Waals surface area (Å²) in [6, 6.07) is 5.13. The fourth-order valence-electron chi connectivity index (χ4n) is 2.00. The summed E-state index contributed by atoms with van der Waals surface area (Å²) in [5.74, 6) is 0.211. The Morgan fingerprint density at radius 3 is 2.71 bits per heavy atom. The van der Waals surface area contributed by atoms with Gasteiger partial charge in [-0.1, -0.05) is 6.92 Å². The van der Waals surface area contributed by atoms with Crippen molar-refractivity contribution >= 4 is 16.9 Å². The maximum Gasteiger partial charge on any atom is 0.352 e. The molecule has 0 aliphatic rings. The van der Waals surface area contributed by atoms with E-state index in [0.717, 1.165) is 18.5 Å². The summed E-state index contributed by atoms with van der Waals surface area (Å²) in [5.41, 5.74) is 0.859. The van der Waals surface area contributed by atoms with E-state index in [1.54, 1.807) is 25.3 Å². The molecule has 6 heteroatoms. The molecule has 0 aliphatic heterocycles. The SMILES string of the molecule is CCN(C)CCOc1cc2cc(C(=O)O)[nH]c2cc1OC. The first-order valence-corrected chi connectivity index (χ1v) is 6.80. The predicted octanol–water partition coefficient (Wildman–Crippen LogP) is 2.21. The number of hydrogen-bond acceptors (Lipinski definition) is 4. The van der Waals surface area contributed by atoms with Crippen molar-refractivity contribution in [2.75, 3.05) is 33.9 Å². The Labute approximate surface area is 123 Å². The molecule has 2 N–H and O–H groups in total. The van der Waals surface area contributed by atoms with E-state index in [4.69, 9.17) is 14.6 Å².